The lowest BCUT2D eigenvalue weighted by Gasteiger charge is -2.28. The van der Waals surface area contributed by atoms with Crippen molar-refractivity contribution < 1.29 is 9.90 Å². The molecule has 0 aromatic rings. The Hall–Kier alpha value is 0.130. The Morgan fingerprint density at radius 2 is 2.38 bits per heavy atom. The van der Waals surface area contributed by atoms with Crippen LogP contribution in [-0.4, -0.2) is 51.7 Å². The van der Waals surface area contributed by atoms with E-state index in [1.54, 1.807) is 23.5 Å². The number of carbonyl (C=O) groups is 1. The summed E-state index contributed by atoms with van der Waals surface area (Å²) in [5.41, 5.74) is 0. The van der Waals surface area contributed by atoms with E-state index in [1.165, 1.54) is 0 Å². The fourth-order valence-corrected chi connectivity index (χ4v) is 3.79. The quantitative estimate of drug-likeness (QED) is 0.709. The van der Waals surface area contributed by atoms with Crippen LogP contribution in [0.3, 0.4) is 0 Å². The Balaban J connectivity index is 2.37. The summed E-state index contributed by atoms with van der Waals surface area (Å²) in [7, 11) is 0. The normalized spacial score (nSPS) is 22.8. The van der Waals surface area contributed by atoms with Gasteiger partial charge >= 0.3 is 0 Å². The number of aliphatic hydroxyl groups excluding tert-OH is 1. The van der Waals surface area contributed by atoms with E-state index < -0.39 is 0 Å². The zero-order valence-corrected chi connectivity index (χ0v) is 11.6. The largest absolute Gasteiger partial charge is 0.396 e. The van der Waals surface area contributed by atoms with Gasteiger partial charge in [-0.2, -0.15) is 11.8 Å². The van der Waals surface area contributed by atoms with Crippen LogP contribution in [0.25, 0.3) is 0 Å². The lowest BCUT2D eigenvalue weighted by Crippen LogP contribution is -2.38. The fourth-order valence-electron chi connectivity index (χ4n) is 1.73. The Kier molecular flexibility index (Phi) is 6.61. The van der Waals surface area contributed by atoms with E-state index >= 15 is 0 Å². The molecule has 1 fully saturated rings. The van der Waals surface area contributed by atoms with Gasteiger partial charge in [0.1, 0.15) is 0 Å². The predicted octanol–water partition coefficient (Wildman–Crippen LogP) is 1.66. The molecule has 1 heterocycles. The second-order valence-electron chi connectivity index (χ2n) is 4.01. The summed E-state index contributed by atoms with van der Waals surface area (Å²) in [6.45, 7) is 5.44. The molecule has 1 aliphatic heterocycles. The van der Waals surface area contributed by atoms with E-state index in [-0.39, 0.29) is 12.5 Å². The summed E-state index contributed by atoms with van der Waals surface area (Å²) >= 11 is 3.48. The average Bonchev–Trinajstić information content (AvgIpc) is 2.65. The van der Waals surface area contributed by atoms with Crippen molar-refractivity contribution in [1.82, 2.24) is 4.90 Å². The lowest BCUT2D eigenvalue weighted by molar-refractivity contribution is -0.128. The molecule has 16 heavy (non-hydrogen) atoms. The first-order valence-corrected chi connectivity index (χ1v) is 8.00. The van der Waals surface area contributed by atoms with Crippen LogP contribution < -0.4 is 0 Å². The summed E-state index contributed by atoms with van der Waals surface area (Å²) < 4.78 is 0. The Bertz CT molecular complexity index is 226. The molecule has 1 N–H and O–H groups in total. The van der Waals surface area contributed by atoms with Crippen LogP contribution in [0.5, 0.6) is 0 Å². The van der Waals surface area contributed by atoms with E-state index in [0.29, 0.717) is 17.0 Å². The van der Waals surface area contributed by atoms with Gasteiger partial charge in [0, 0.05) is 18.1 Å². The van der Waals surface area contributed by atoms with Crippen molar-refractivity contribution in [2.75, 3.05) is 30.4 Å². The van der Waals surface area contributed by atoms with Crippen molar-refractivity contribution >= 4 is 29.4 Å². The average molecular weight is 263 g/mol. The summed E-state index contributed by atoms with van der Waals surface area (Å²) in [5, 5.41) is 9.05. The highest BCUT2D eigenvalue weighted by Gasteiger charge is 2.33. The number of thioether (sulfide) groups is 2. The third-order valence-electron chi connectivity index (χ3n) is 2.85. The molecular weight excluding hydrogens is 242 g/mol. The third kappa shape index (κ3) is 3.86. The van der Waals surface area contributed by atoms with E-state index in [4.69, 9.17) is 5.11 Å². The van der Waals surface area contributed by atoms with Crippen molar-refractivity contribution in [3.8, 4) is 0 Å². The minimum Gasteiger partial charge on any atom is -0.396 e. The molecule has 1 saturated heterocycles. The van der Waals surface area contributed by atoms with Crippen LogP contribution >= 0.6 is 23.5 Å². The second kappa shape index (κ2) is 7.45. The molecule has 2 unspecified atom stereocenters. The Morgan fingerprint density at radius 3 is 3.00 bits per heavy atom. The Morgan fingerprint density at radius 1 is 1.62 bits per heavy atom. The standard InChI is InChI=1S/C11H21NO2S2/c1-3-9(2)11-12(10(14)8-16-11)4-6-15-7-5-13/h9,11,13H,3-8H2,1-2H3. The molecular formula is C11H21NO2S2. The highest BCUT2D eigenvalue weighted by atomic mass is 32.2. The van der Waals surface area contributed by atoms with Crippen molar-refractivity contribution in [1.29, 1.82) is 0 Å². The van der Waals surface area contributed by atoms with Gasteiger partial charge in [-0.05, 0) is 5.92 Å². The van der Waals surface area contributed by atoms with Crippen molar-refractivity contribution in [2.24, 2.45) is 5.92 Å². The second-order valence-corrected chi connectivity index (χ2v) is 6.34. The number of carbonyl (C=O) groups excluding carboxylic acids is 1. The summed E-state index contributed by atoms with van der Waals surface area (Å²) in [4.78, 5) is 13.7. The van der Waals surface area contributed by atoms with Gasteiger partial charge in [0.2, 0.25) is 5.91 Å². The third-order valence-corrected chi connectivity index (χ3v) is 5.26. The maximum atomic E-state index is 11.7. The minimum absolute atomic E-state index is 0.224. The molecule has 1 rings (SSSR count). The van der Waals surface area contributed by atoms with E-state index in [0.717, 1.165) is 24.5 Å². The highest BCUT2D eigenvalue weighted by molar-refractivity contribution is 8.01. The van der Waals surface area contributed by atoms with Gasteiger partial charge in [0.25, 0.3) is 0 Å². The van der Waals surface area contributed by atoms with Crippen LogP contribution in [0.15, 0.2) is 0 Å². The summed E-state index contributed by atoms with van der Waals surface area (Å²) in [6.07, 6.45) is 1.12. The van der Waals surface area contributed by atoms with Gasteiger partial charge in [0.05, 0.1) is 17.7 Å². The van der Waals surface area contributed by atoms with Crippen molar-refractivity contribution in [3.63, 3.8) is 0 Å². The molecule has 2 atom stereocenters. The minimum atomic E-state index is 0.224. The smallest absolute Gasteiger partial charge is 0.233 e. The van der Waals surface area contributed by atoms with Gasteiger partial charge in [-0.15, -0.1) is 11.8 Å². The number of hydrogen-bond donors (Lipinski definition) is 1. The molecule has 0 aliphatic carbocycles. The van der Waals surface area contributed by atoms with E-state index in [9.17, 15) is 4.79 Å². The van der Waals surface area contributed by atoms with Crippen LogP contribution in [-0.2, 0) is 4.79 Å². The molecule has 1 aliphatic rings. The zero-order chi connectivity index (χ0) is 12.0. The van der Waals surface area contributed by atoms with Crippen LogP contribution in [0.1, 0.15) is 20.3 Å². The predicted molar refractivity (Wildman–Crippen MR) is 71.8 cm³/mol. The number of hydrogen-bond acceptors (Lipinski definition) is 4. The molecule has 1 amide bonds. The molecule has 94 valence electrons. The zero-order valence-electron chi connectivity index (χ0n) is 10.0. The summed E-state index contributed by atoms with van der Waals surface area (Å²) in [6, 6.07) is 0. The summed E-state index contributed by atoms with van der Waals surface area (Å²) in [5.74, 6) is 3.18. The molecule has 3 nitrogen and oxygen atoms in total. The molecule has 0 bridgehead atoms. The first-order valence-electron chi connectivity index (χ1n) is 5.80. The monoisotopic (exact) mass is 263 g/mol. The molecule has 0 saturated carbocycles. The van der Waals surface area contributed by atoms with Gasteiger partial charge in [-0.1, -0.05) is 20.3 Å². The number of amides is 1. The number of nitrogens with zero attached hydrogens (tertiary/aromatic N) is 1. The van der Waals surface area contributed by atoms with E-state index in [2.05, 4.69) is 13.8 Å². The fraction of sp³-hybridized carbons (Fsp3) is 0.909. The molecule has 0 spiro atoms. The maximum absolute atomic E-state index is 11.7. The number of aliphatic hydroxyl groups is 1. The molecule has 0 aromatic carbocycles. The van der Waals surface area contributed by atoms with E-state index in [1.807, 2.05) is 4.90 Å². The SMILES string of the molecule is CCC(C)C1SCC(=O)N1CCSCCO. The first kappa shape index (κ1) is 14.2. The molecule has 0 aromatic heterocycles. The molecule has 0 radical (unpaired) electrons. The van der Waals surface area contributed by atoms with Gasteiger partial charge in [0.15, 0.2) is 0 Å². The topological polar surface area (TPSA) is 40.5 Å². The Labute approximate surface area is 106 Å². The lowest BCUT2D eigenvalue weighted by atomic mass is 10.1. The van der Waals surface area contributed by atoms with Crippen molar-refractivity contribution in [2.45, 2.75) is 25.6 Å². The van der Waals surface area contributed by atoms with Gasteiger partial charge in [-0.25, -0.2) is 0 Å². The van der Waals surface area contributed by atoms with Crippen molar-refractivity contribution in [3.05, 3.63) is 0 Å². The maximum Gasteiger partial charge on any atom is 0.233 e. The number of rotatable bonds is 7. The first-order chi connectivity index (χ1) is 7.70. The molecule has 5 heteroatoms. The van der Waals surface area contributed by atoms with Crippen LogP contribution in [0.2, 0.25) is 0 Å². The van der Waals surface area contributed by atoms with Gasteiger partial charge < -0.3 is 10.0 Å². The highest BCUT2D eigenvalue weighted by Crippen LogP contribution is 2.32. The van der Waals surface area contributed by atoms with Crippen LogP contribution in [0.4, 0.5) is 0 Å². The van der Waals surface area contributed by atoms with Gasteiger partial charge in [-0.3, -0.25) is 4.79 Å². The van der Waals surface area contributed by atoms with Crippen LogP contribution in [0, 0.1) is 5.92 Å².